The molecule has 110 valence electrons. The zero-order chi connectivity index (χ0) is 15.2. The van der Waals surface area contributed by atoms with Gasteiger partial charge in [-0.1, -0.05) is 30.3 Å². The average Bonchev–Trinajstić information content (AvgIpc) is 2.48. The van der Waals surface area contributed by atoms with Crippen LogP contribution in [0.25, 0.3) is 0 Å². The van der Waals surface area contributed by atoms with Crippen LogP contribution in [0.4, 0.5) is 11.4 Å². The van der Waals surface area contributed by atoms with E-state index in [2.05, 4.69) is 0 Å². The molecule has 2 rings (SSSR count). The van der Waals surface area contributed by atoms with Gasteiger partial charge in [-0.2, -0.15) is 0 Å². The van der Waals surface area contributed by atoms with E-state index in [-0.39, 0.29) is 18.0 Å². The van der Waals surface area contributed by atoms with E-state index in [4.69, 9.17) is 4.84 Å². The predicted octanol–water partition coefficient (Wildman–Crippen LogP) is 2.67. The van der Waals surface area contributed by atoms with Gasteiger partial charge in [0.25, 0.3) is 17.0 Å². The van der Waals surface area contributed by atoms with Crippen LogP contribution in [0.2, 0.25) is 0 Å². The Bertz CT molecular complexity index is 633. The number of hydrogen-bond acceptors (Lipinski definition) is 4. The van der Waals surface area contributed by atoms with Gasteiger partial charge in [0, 0.05) is 12.1 Å². The Morgan fingerprint density at radius 3 is 2.29 bits per heavy atom. The van der Waals surface area contributed by atoms with Gasteiger partial charge in [-0.25, -0.2) is 4.21 Å². The van der Waals surface area contributed by atoms with Gasteiger partial charge in [0.05, 0.1) is 10.6 Å². The van der Waals surface area contributed by atoms with Crippen LogP contribution < -0.4 is 4.47 Å². The van der Waals surface area contributed by atoms with Gasteiger partial charge in [0.1, 0.15) is 6.61 Å². The summed E-state index contributed by atoms with van der Waals surface area (Å²) < 4.78 is 21.4. The topological polar surface area (TPSA) is 92.9 Å². The van der Waals surface area contributed by atoms with Gasteiger partial charge in [0.15, 0.2) is 0 Å². The van der Waals surface area contributed by atoms with Crippen LogP contribution in [0, 0.1) is 10.1 Å². The van der Waals surface area contributed by atoms with Crippen molar-refractivity contribution in [2.24, 2.45) is 0 Å². The fourth-order valence-corrected chi connectivity index (χ4v) is 2.06. The second kappa shape index (κ2) is 6.93. The maximum Gasteiger partial charge on any atom is 0.286 e. The standard InChI is InChI=1S/C13H12N2O5S/c16-14(17)12-6-8-13(9-7-12)15(21(18)19)20-10-11-4-2-1-3-5-11/h1-9H,10H2,(H,18,19). The summed E-state index contributed by atoms with van der Waals surface area (Å²) in [5, 5.41) is 10.6. The van der Waals surface area contributed by atoms with Crippen molar-refractivity contribution in [3.05, 3.63) is 70.3 Å². The number of benzene rings is 2. The molecule has 2 aromatic rings. The first-order valence-corrected chi connectivity index (χ1v) is 6.96. The predicted molar refractivity (Wildman–Crippen MR) is 77.6 cm³/mol. The molecule has 0 amide bonds. The molecule has 0 aliphatic rings. The summed E-state index contributed by atoms with van der Waals surface area (Å²) in [6.07, 6.45) is 0. The zero-order valence-electron chi connectivity index (χ0n) is 10.8. The number of non-ortho nitro benzene ring substituents is 1. The summed E-state index contributed by atoms with van der Waals surface area (Å²) in [4.78, 5) is 15.3. The van der Waals surface area contributed by atoms with E-state index >= 15 is 0 Å². The van der Waals surface area contributed by atoms with Gasteiger partial charge in [0.2, 0.25) is 0 Å². The summed E-state index contributed by atoms with van der Waals surface area (Å²) in [7, 11) is 0. The van der Waals surface area contributed by atoms with Crippen LogP contribution >= 0.6 is 0 Å². The van der Waals surface area contributed by atoms with Crippen molar-refractivity contribution in [3.8, 4) is 0 Å². The molecule has 0 aliphatic carbocycles. The monoisotopic (exact) mass is 308 g/mol. The minimum Gasteiger partial charge on any atom is -0.288 e. The molecular weight excluding hydrogens is 296 g/mol. The van der Waals surface area contributed by atoms with E-state index < -0.39 is 16.2 Å². The quantitative estimate of drug-likeness (QED) is 0.503. The third kappa shape index (κ3) is 4.09. The fourth-order valence-electron chi connectivity index (χ4n) is 1.61. The Labute approximate surface area is 123 Å². The minimum absolute atomic E-state index is 0.101. The number of nitro groups is 1. The third-order valence-electron chi connectivity index (χ3n) is 2.60. The number of rotatable bonds is 6. The molecule has 21 heavy (non-hydrogen) atoms. The van der Waals surface area contributed by atoms with Gasteiger partial charge in [-0.05, 0) is 17.7 Å². The van der Waals surface area contributed by atoms with E-state index in [9.17, 15) is 18.9 Å². The van der Waals surface area contributed by atoms with Gasteiger partial charge < -0.3 is 0 Å². The molecule has 2 aromatic carbocycles. The normalized spacial score (nSPS) is 11.9. The van der Waals surface area contributed by atoms with Gasteiger partial charge in [-0.3, -0.25) is 19.5 Å². The number of nitrogens with zero attached hydrogens (tertiary/aromatic N) is 2. The molecular formula is C13H12N2O5S. The Balaban J connectivity index is 2.11. The van der Waals surface area contributed by atoms with E-state index in [1.54, 1.807) is 0 Å². The van der Waals surface area contributed by atoms with Crippen LogP contribution in [-0.4, -0.2) is 13.7 Å². The highest BCUT2D eigenvalue weighted by Gasteiger charge is 2.15. The molecule has 1 N–H and O–H groups in total. The molecule has 0 bridgehead atoms. The molecule has 8 heteroatoms. The molecule has 0 fully saturated rings. The summed E-state index contributed by atoms with van der Waals surface area (Å²) in [5.41, 5.74) is 0.970. The van der Waals surface area contributed by atoms with Crippen LogP contribution in [0.3, 0.4) is 0 Å². The van der Waals surface area contributed by atoms with Crippen LogP contribution in [0.15, 0.2) is 54.6 Å². The lowest BCUT2D eigenvalue weighted by Gasteiger charge is -2.18. The second-order valence-corrected chi connectivity index (χ2v) is 4.81. The maximum absolute atomic E-state index is 11.3. The lowest BCUT2D eigenvalue weighted by Crippen LogP contribution is -2.25. The summed E-state index contributed by atoms with van der Waals surface area (Å²) in [6.45, 7) is 0.101. The van der Waals surface area contributed by atoms with Crippen molar-refractivity contribution in [2.45, 2.75) is 6.61 Å². The van der Waals surface area contributed by atoms with E-state index in [0.29, 0.717) is 0 Å². The molecule has 0 heterocycles. The molecule has 0 saturated carbocycles. The van der Waals surface area contributed by atoms with Gasteiger partial charge >= 0.3 is 0 Å². The Hall–Kier alpha value is -2.29. The minimum atomic E-state index is -2.40. The zero-order valence-corrected chi connectivity index (χ0v) is 11.6. The average molecular weight is 308 g/mol. The Kier molecular flexibility index (Phi) is 4.99. The fraction of sp³-hybridized carbons (Fsp3) is 0.0769. The van der Waals surface area contributed by atoms with E-state index in [1.165, 1.54) is 24.3 Å². The van der Waals surface area contributed by atoms with Crippen LogP contribution in [0.5, 0.6) is 0 Å². The molecule has 1 unspecified atom stereocenters. The second-order valence-electron chi connectivity index (χ2n) is 4.02. The lowest BCUT2D eigenvalue weighted by molar-refractivity contribution is -0.384. The summed E-state index contributed by atoms with van der Waals surface area (Å²) in [6, 6.07) is 14.3. The van der Waals surface area contributed by atoms with Crippen molar-refractivity contribution < 1.29 is 18.5 Å². The Morgan fingerprint density at radius 2 is 1.76 bits per heavy atom. The van der Waals surface area contributed by atoms with Crippen LogP contribution in [0.1, 0.15) is 5.56 Å². The van der Waals surface area contributed by atoms with E-state index in [0.717, 1.165) is 10.0 Å². The number of nitro benzene ring substituents is 1. The third-order valence-corrected chi connectivity index (χ3v) is 3.20. The smallest absolute Gasteiger partial charge is 0.286 e. The molecule has 1 atom stereocenters. The molecule has 0 radical (unpaired) electrons. The summed E-state index contributed by atoms with van der Waals surface area (Å²) in [5.74, 6) is 0. The number of anilines is 1. The maximum atomic E-state index is 11.3. The summed E-state index contributed by atoms with van der Waals surface area (Å²) >= 11 is -2.40. The first-order chi connectivity index (χ1) is 10.1. The highest BCUT2D eigenvalue weighted by Crippen LogP contribution is 2.21. The molecule has 0 spiro atoms. The first-order valence-electron chi connectivity index (χ1n) is 5.90. The van der Waals surface area contributed by atoms with Crippen molar-refractivity contribution in [3.63, 3.8) is 0 Å². The Morgan fingerprint density at radius 1 is 1.14 bits per heavy atom. The number of hydrogen-bond donors (Lipinski definition) is 1. The molecule has 0 aliphatic heterocycles. The SMILES string of the molecule is O=[N+]([O-])c1ccc(N(OCc2ccccc2)S(=O)O)cc1. The van der Waals surface area contributed by atoms with Gasteiger partial charge in [-0.15, -0.1) is 4.47 Å². The van der Waals surface area contributed by atoms with Crippen molar-refractivity contribution in [1.82, 2.24) is 0 Å². The molecule has 0 aromatic heterocycles. The highest BCUT2D eigenvalue weighted by molar-refractivity contribution is 7.80. The highest BCUT2D eigenvalue weighted by atomic mass is 32.2. The van der Waals surface area contributed by atoms with Crippen LogP contribution in [-0.2, 0) is 22.7 Å². The van der Waals surface area contributed by atoms with E-state index in [1.807, 2.05) is 30.3 Å². The van der Waals surface area contributed by atoms with Crippen molar-refractivity contribution in [2.75, 3.05) is 4.47 Å². The first kappa shape index (κ1) is 15.1. The van der Waals surface area contributed by atoms with Crippen molar-refractivity contribution >= 4 is 22.6 Å². The molecule has 7 nitrogen and oxygen atoms in total. The largest absolute Gasteiger partial charge is 0.288 e. The van der Waals surface area contributed by atoms with Crippen molar-refractivity contribution in [1.29, 1.82) is 0 Å². The lowest BCUT2D eigenvalue weighted by atomic mass is 10.2. The molecule has 0 saturated heterocycles.